The standard InChI is InChI=1S/C23H21BrF4N4O.C23H19BrF4N4O/c1-13(2)22(21(31)33,20(23(26,27)28)15-5-7-17(24)8-6-15)32-18(12-30)10-16-4-3-14(11-29)9-19(16)25;1-13(2)20(31-18(12-30)10-16-4-3-14(11-29)9-19(16)25)22(33)32-21(23(26,27)28)15-5-7-17(24)8-6-15/h3-9,13,18,20,32H,10H2,1-2H3,(H2,31,33);3-9,13,18,21H,10H2,1-2H3,(H,32,33)/t18-,20-,22+;18-,21-/m00/s1. The highest BCUT2D eigenvalue weighted by Gasteiger charge is 2.60. The highest BCUT2D eigenvalue weighted by molar-refractivity contribution is 9.10. The SMILES string of the molecule is CC(C)C(=N[C@H](C#N)Cc1ccc(C#N)cc1F)C(=O)N[C@@H](c1ccc(Br)cc1)C(F)(F)F.CC(C)[C@](N[C@H](C#N)Cc1ccc(C#N)cc1F)(C(N)=O)[C@H](c1ccc(Br)cc1)C(F)(F)F. The summed E-state index contributed by atoms with van der Waals surface area (Å²) in [5, 5.41) is 41.3. The molecule has 10 nitrogen and oxygen atoms in total. The molecule has 0 saturated carbocycles. The number of rotatable bonds is 15. The molecule has 0 bridgehead atoms. The summed E-state index contributed by atoms with van der Waals surface area (Å²) in [6, 6.07) is 20.2. The number of hydrogen-bond acceptors (Lipinski definition) is 8. The van der Waals surface area contributed by atoms with Crippen LogP contribution in [0.15, 0.2) is 98.9 Å². The first kappa shape index (κ1) is 54.1. The maximum absolute atomic E-state index is 14.4. The van der Waals surface area contributed by atoms with Gasteiger partial charge in [-0.3, -0.25) is 19.9 Å². The fourth-order valence-corrected chi connectivity index (χ4v) is 7.36. The van der Waals surface area contributed by atoms with Crippen molar-refractivity contribution in [2.24, 2.45) is 22.6 Å². The third kappa shape index (κ3) is 14.2. The largest absolute Gasteiger partial charge is 0.412 e. The van der Waals surface area contributed by atoms with Gasteiger partial charge in [-0.15, -0.1) is 0 Å². The van der Waals surface area contributed by atoms with E-state index in [1.165, 1.54) is 86.6 Å². The first-order valence-electron chi connectivity index (χ1n) is 19.6. The Kier molecular flexibility index (Phi) is 19.1. The van der Waals surface area contributed by atoms with E-state index in [1.54, 1.807) is 26.0 Å². The van der Waals surface area contributed by atoms with E-state index in [1.807, 2.05) is 17.5 Å². The molecule has 0 aliphatic rings. The number of carbonyl (C=O) groups excluding carboxylic acids is 2. The monoisotopic (exact) mass is 1050 g/mol. The van der Waals surface area contributed by atoms with Crippen LogP contribution < -0.4 is 16.4 Å². The molecule has 2 amide bonds. The average molecular weight is 1050 g/mol. The van der Waals surface area contributed by atoms with Crippen LogP contribution in [0.3, 0.4) is 0 Å². The molecule has 0 aliphatic heterocycles. The summed E-state index contributed by atoms with van der Waals surface area (Å²) in [7, 11) is 0. The van der Waals surface area contributed by atoms with Crippen molar-refractivity contribution in [2.75, 3.05) is 0 Å². The van der Waals surface area contributed by atoms with Gasteiger partial charge < -0.3 is 11.1 Å². The number of nitrogens with two attached hydrogens (primary N) is 1. The summed E-state index contributed by atoms with van der Waals surface area (Å²) in [5.74, 6) is -7.84. The highest BCUT2D eigenvalue weighted by atomic mass is 79.9. The number of amides is 2. The molecule has 4 rings (SSSR count). The minimum absolute atomic E-state index is 0.00220. The Hall–Kier alpha value is -6.19. The molecule has 4 aromatic carbocycles. The lowest BCUT2D eigenvalue weighted by Gasteiger charge is -2.44. The molecule has 4 aromatic rings. The van der Waals surface area contributed by atoms with E-state index in [9.17, 15) is 55.2 Å². The predicted octanol–water partition coefficient (Wildman–Crippen LogP) is 10.1. The van der Waals surface area contributed by atoms with Crippen LogP contribution in [0.1, 0.15) is 73.0 Å². The van der Waals surface area contributed by atoms with Crippen LogP contribution in [0.5, 0.6) is 0 Å². The second-order valence-corrected chi connectivity index (χ2v) is 17.1. The van der Waals surface area contributed by atoms with E-state index in [0.29, 0.717) is 8.95 Å². The van der Waals surface area contributed by atoms with Crippen molar-refractivity contribution < 1.29 is 44.7 Å². The first-order chi connectivity index (χ1) is 30.8. The third-order valence-electron chi connectivity index (χ3n) is 10.1. The number of carbonyl (C=O) groups is 2. The third-order valence-corrected chi connectivity index (χ3v) is 11.2. The summed E-state index contributed by atoms with van der Waals surface area (Å²) in [6.45, 7) is 5.90. The van der Waals surface area contributed by atoms with E-state index in [0.717, 1.165) is 12.1 Å². The molecule has 0 aromatic heterocycles. The number of nitrogens with zero attached hydrogens (tertiary/aromatic N) is 5. The Bertz CT molecular complexity index is 2560. The molecule has 0 heterocycles. The summed E-state index contributed by atoms with van der Waals surface area (Å²) < 4.78 is 114. The van der Waals surface area contributed by atoms with Crippen molar-refractivity contribution >= 4 is 49.4 Å². The topological polar surface area (TPSA) is 192 Å². The average Bonchev–Trinajstić information content (AvgIpc) is 3.24. The van der Waals surface area contributed by atoms with Crippen LogP contribution in [0.4, 0.5) is 35.1 Å². The maximum atomic E-state index is 14.4. The van der Waals surface area contributed by atoms with Crippen molar-refractivity contribution in [1.82, 2.24) is 10.6 Å². The van der Waals surface area contributed by atoms with Crippen molar-refractivity contribution in [3.63, 3.8) is 0 Å². The molecule has 0 spiro atoms. The molecule has 346 valence electrons. The number of aliphatic imine (C=N–C) groups is 1. The molecule has 0 saturated heterocycles. The van der Waals surface area contributed by atoms with Gasteiger partial charge in [-0.2, -0.15) is 47.4 Å². The van der Waals surface area contributed by atoms with Gasteiger partial charge in [-0.1, -0.05) is 96.0 Å². The van der Waals surface area contributed by atoms with Gasteiger partial charge in [0, 0.05) is 27.7 Å². The van der Waals surface area contributed by atoms with E-state index in [2.05, 4.69) is 42.2 Å². The summed E-state index contributed by atoms with van der Waals surface area (Å²) in [6.07, 6.45) is -10.2. The number of primary amides is 1. The van der Waals surface area contributed by atoms with Crippen LogP contribution in [0, 0.1) is 68.8 Å². The van der Waals surface area contributed by atoms with Crippen molar-refractivity contribution in [1.29, 1.82) is 21.0 Å². The fraction of sp³-hybridized carbons (Fsp3) is 0.326. The molecule has 0 fully saturated rings. The Morgan fingerprint density at radius 2 is 1.17 bits per heavy atom. The number of nitriles is 4. The molecule has 20 heteroatoms. The van der Waals surface area contributed by atoms with Crippen LogP contribution >= 0.6 is 31.9 Å². The molecule has 5 atom stereocenters. The summed E-state index contributed by atoms with van der Waals surface area (Å²) >= 11 is 6.32. The fourth-order valence-electron chi connectivity index (χ4n) is 6.83. The lowest BCUT2D eigenvalue weighted by Crippen LogP contribution is -2.67. The lowest BCUT2D eigenvalue weighted by atomic mass is 9.70. The second kappa shape index (κ2) is 23.3. The number of nitrogens with one attached hydrogen (secondary N) is 2. The Morgan fingerprint density at radius 1 is 0.697 bits per heavy atom. The van der Waals surface area contributed by atoms with Crippen LogP contribution in [-0.2, 0) is 22.4 Å². The van der Waals surface area contributed by atoms with Gasteiger partial charge in [0.15, 0.2) is 6.04 Å². The molecular weight excluding hydrogens is 1010 g/mol. The molecule has 0 aliphatic carbocycles. The summed E-state index contributed by atoms with van der Waals surface area (Å²) in [4.78, 5) is 29.5. The van der Waals surface area contributed by atoms with E-state index in [4.69, 9.17) is 16.3 Å². The lowest BCUT2D eigenvalue weighted by molar-refractivity contribution is -0.179. The van der Waals surface area contributed by atoms with Crippen molar-refractivity contribution in [3.05, 3.63) is 139 Å². The zero-order valence-electron chi connectivity index (χ0n) is 35.4. The van der Waals surface area contributed by atoms with Crippen LogP contribution in [-0.4, -0.2) is 47.5 Å². The van der Waals surface area contributed by atoms with Crippen molar-refractivity contribution in [3.8, 4) is 24.3 Å². The number of benzene rings is 4. The first-order valence-corrected chi connectivity index (χ1v) is 21.2. The van der Waals surface area contributed by atoms with E-state index in [-0.39, 0.29) is 51.9 Å². The van der Waals surface area contributed by atoms with Crippen LogP contribution in [0.2, 0.25) is 0 Å². The normalized spacial score (nSPS) is 14.5. The molecule has 0 radical (unpaired) electrons. The molecular formula is C46H40Br2F8N8O2. The summed E-state index contributed by atoms with van der Waals surface area (Å²) in [5.41, 5.74) is 2.77. The highest BCUT2D eigenvalue weighted by Crippen LogP contribution is 2.46. The van der Waals surface area contributed by atoms with Gasteiger partial charge >= 0.3 is 12.4 Å². The van der Waals surface area contributed by atoms with E-state index >= 15 is 0 Å². The predicted molar refractivity (Wildman–Crippen MR) is 235 cm³/mol. The van der Waals surface area contributed by atoms with Crippen molar-refractivity contribution in [2.45, 2.75) is 82.5 Å². The van der Waals surface area contributed by atoms with Gasteiger partial charge in [-0.25, -0.2) is 8.78 Å². The van der Waals surface area contributed by atoms with Gasteiger partial charge in [0.1, 0.15) is 40.9 Å². The zero-order chi connectivity index (χ0) is 49.7. The Morgan fingerprint density at radius 3 is 1.53 bits per heavy atom. The molecule has 4 N–H and O–H groups in total. The zero-order valence-corrected chi connectivity index (χ0v) is 38.5. The Balaban J connectivity index is 0.000000350. The van der Waals surface area contributed by atoms with Gasteiger partial charge in [-0.05, 0) is 76.7 Å². The smallest absolute Gasteiger partial charge is 0.368 e. The minimum Gasteiger partial charge on any atom is -0.368 e. The van der Waals surface area contributed by atoms with Gasteiger partial charge in [0.05, 0.1) is 35.4 Å². The quantitative estimate of drug-likeness (QED) is 0.0779. The van der Waals surface area contributed by atoms with E-state index < -0.39 is 77.2 Å². The number of hydrogen-bond donors (Lipinski definition) is 3. The number of halogens is 10. The molecule has 66 heavy (non-hydrogen) atoms. The molecule has 0 unspecified atom stereocenters. The van der Waals surface area contributed by atoms with Gasteiger partial charge in [0.2, 0.25) is 5.91 Å². The number of alkyl halides is 6. The minimum atomic E-state index is -4.90. The second-order valence-electron chi connectivity index (χ2n) is 15.3. The maximum Gasteiger partial charge on any atom is 0.412 e. The van der Waals surface area contributed by atoms with Gasteiger partial charge in [0.25, 0.3) is 5.91 Å². The Labute approximate surface area is 392 Å². The van der Waals surface area contributed by atoms with Crippen LogP contribution in [0.25, 0.3) is 0 Å².